The Balaban J connectivity index is 0.00000648. The molecule has 70 heavy (non-hydrogen) atoms. The maximum atomic E-state index is 12.6. The predicted molar refractivity (Wildman–Crippen MR) is 252 cm³/mol. The van der Waals surface area contributed by atoms with E-state index in [1.807, 2.05) is 38.7 Å². The van der Waals surface area contributed by atoms with Crippen molar-refractivity contribution in [2.45, 2.75) is 119 Å². The molecule has 18 nitrogen and oxygen atoms in total. The minimum Gasteiger partial charge on any atom is -0.748 e. The number of allylic oxidation sites excluding steroid dienone is 6. The van der Waals surface area contributed by atoms with Gasteiger partial charge in [-0.2, -0.15) is 4.58 Å². The number of nitrogens with zero attached hydrogens (tertiary/aromatic N) is 2. The van der Waals surface area contributed by atoms with E-state index in [9.17, 15) is 48.5 Å². The van der Waals surface area contributed by atoms with Crippen LogP contribution in [0, 0.1) is 0 Å². The van der Waals surface area contributed by atoms with Crippen molar-refractivity contribution < 1.29 is 126 Å². The van der Waals surface area contributed by atoms with Gasteiger partial charge in [0.2, 0.25) is 11.6 Å². The first-order chi connectivity index (χ1) is 32.0. The molecular formula is C47H64N4Na2O14S3. The Morgan fingerprint density at radius 1 is 0.771 bits per heavy atom. The van der Waals surface area contributed by atoms with E-state index in [1.165, 1.54) is 30.3 Å². The minimum atomic E-state index is -4.79. The fourth-order valence-corrected chi connectivity index (χ4v) is 10.3. The molecule has 23 heteroatoms. The number of hydrogen-bond acceptors (Lipinski definition) is 15. The Bertz CT molecular complexity index is 2600. The van der Waals surface area contributed by atoms with E-state index in [0.717, 1.165) is 37.8 Å². The quantitative estimate of drug-likeness (QED) is 0.0437. The summed E-state index contributed by atoms with van der Waals surface area (Å²) in [5.74, 6) is -0.736. The van der Waals surface area contributed by atoms with Gasteiger partial charge < -0.3 is 43.4 Å². The topological polar surface area (TPSA) is 264 Å². The molecule has 2 aromatic carbocycles. The van der Waals surface area contributed by atoms with Crippen LogP contribution in [0.2, 0.25) is 0 Å². The van der Waals surface area contributed by atoms with Gasteiger partial charge in [-0.3, -0.25) is 4.79 Å². The molecule has 2 amide bonds. The fourth-order valence-electron chi connectivity index (χ4n) is 8.80. The van der Waals surface area contributed by atoms with Gasteiger partial charge in [0.25, 0.3) is 0 Å². The molecule has 0 saturated carbocycles. The van der Waals surface area contributed by atoms with Crippen molar-refractivity contribution >= 4 is 59.4 Å². The van der Waals surface area contributed by atoms with Gasteiger partial charge in [0.05, 0.1) is 51.8 Å². The number of ether oxygens (including phenoxy) is 3. The standard InChI is InChI=1S/C47H66N4O14S3.2Na/c1-46(2)38-33-36(67(57,58)59)20-22-40(38)50(26-12-8-11-19-44(52)48-24-28-63-30-31-64-29-25-49-45(53)65-35-15-9-6-5-7-10-16-35)42(46)17-13-18-43-47(3,4)39-34-37(68(60,61)62)21-23-41(39)51(43)27-14-32-66(54,55)56;;/h5-6,13,17-18,20-23,33-35H,7-12,14-16,19,24-32H2,1-4H3,(H4-,48,49,52,53,54,55,56,57,58,59,60,61,62);;/q;2*+1/p-2. The normalized spacial score (nSPS) is 18.1. The molecular weight excluding hydrogens is 987 g/mol. The number of unbranched alkanes of at least 4 members (excludes halogenated alkanes) is 2. The molecule has 2 aromatic rings. The molecule has 0 saturated heterocycles. The summed E-state index contributed by atoms with van der Waals surface area (Å²) < 4.78 is 125. The van der Waals surface area contributed by atoms with Crippen LogP contribution in [0.25, 0.3) is 0 Å². The van der Waals surface area contributed by atoms with Crippen LogP contribution in [0.4, 0.5) is 16.2 Å². The summed E-state index contributed by atoms with van der Waals surface area (Å²) in [6.07, 6.45) is 16.0. The van der Waals surface area contributed by atoms with Crippen LogP contribution < -0.4 is 74.6 Å². The first-order valence-electron chi connectivity index (χ1n) is 23.0. The van der Waals surface area contributed by atoms with Gasteiger partial charge in [-0.15, -0.1) is 0 Å². The van der Waals surface area contributed by atoms with Crippen LogP contribution in [0.3, 0.4) is 0 Å². The third-order valence-corrected chi connectivity index (χ3v) is 14.8. The minimum absolute atomic E-state index is 0. The maximum absolute atomic E-state index is 12.6. The van der Waals surface area contributed by atoms with Crippen LogP contribution in [-0.4, -0.2) is 126 Å². The van der Waals surface area contributed by atoms with Gasteiger partial charge in [-0.05, 0) is 101 Å². The average molecular weight is 1050 g/mol. The monoisotopic (exact) mass is 1050 g/mol. The van der Waals surface area contributed by atoms with E-state index in [4.69, 9.17) is 14.2 Å². The van der Waals surface area contributed by atoms with Crippen molar-refractivity contribution in [3.05, 3.63) is 83.6 Å². The van der Waals surface area contributed by atoms with E-state index in [0.29, 0.717) is 100.0 Å². The smallest absolute Gasteiger partial charge is 0.748 e. The van der Waals surface area contributed by atoms with E-state index in [2.05, 4.69) is 22.8 Å². The van der Waals surface area contributed by atoms with Crippen molar-refractivity contribution in [2.75, 3.05) is 63.3 Å². The molecule has 5 rings (SSSR count). The fraction of sp³-hybridized carbons (Fsp3) is 0.553. The molecule has 1 unspecified atom stereocenters. The summed E-state index contributed by atoms with van der Waals surface area (Å²) in [5.41, 5.74) is 2.19. The zero-order valence-electron chi connectivity index (χ0n) is 41.2. The van der Waals surface area contributed by atoms with Crippen LogP contribution >= 0.6 is 0 Å². The molecule has 0 radical (unpaired) electrons. The Labute approximate surface area is 458 Å². The number of nitrogens with one attached hydrogen (secondary N) is 2. The maximum Gasteiger partial charge on any atom is 1.00 e. The summed E-state index contributed by atoms with van der Waals surface area (Å²) in [4.78, 5) is 26.0. The van der Waals surface area contributed by atoms with Gasteiger partial charge in [0.15, 0.2) is 5.71 Å². The van der Waals surface area contributed by atoms with Crippen LogP contribution in [-0.2, 0) is 60.2 Å². The summed E-state index contributed by atoms with van der Waals surface area (Å²) >= 11 is 0. The summed E-state index contributed by atoms with van der Waals surface area (Å²) in [6, 6.07) is 8.29. The zero-order valence-corrected chi connectivity index (χ0v) is 47.6. The van der Waals surface area contributed by atoms with Crippen molar-refractivity contribution in [1.82, 2.24) is 10.6 Å². The number of rotatable bonds is 24. The van der Waals surface area contributed by atoms with E-state index in [1.54, 1.807) is 22.8 Å². The van der Waals surface area contributed by atoms with Gasteiger partial charge in [0, 0.05) is 72.7 Å². The number of alkyl carbamates (subject to hydrolysis) is 1. The molecule has 376 valence electrons. The molecule has 2 N–H and O–H groups in total. The molecule has 1 atom stereocenters. The number of carbonyl (C=O) groups is 2. The molecule has 0 spiro atoms. The van der Waals surface area contributed by atoms with Gasteiger partial charge in [0.1, 0.15) is 32.9 Å². The average Bonchev–Trinajstić information content (AvgIpc) is 3.58. The molecule has 2 heterocycles. The van der Waals surface area contributed by atoms with Gasteiger partial charge in [-0.1, -0.05) is 38.5 Å². The van der Waals surface area contributed by atoms with Crippen LogP contribution in [0.15, 0.2) is 82.3 Å². The Hall–Kier alpha value is -2.48. The summed E-state index contributed by atoms with van der Waals surface area (Å²) in [5, 5.41) is 5.57. The third kappa shape index (κ3) is 17.9. The molecule has 2 aliphatic heterocycles. The molecule has 3 aliphatic rings. The number of benzene rings is 2. The van der Waals surface area contributed by atoms with E-state index >= 15 is 0 Å². The second kappa shape index (κ2) is 27.7. The van der Waals surface area contributed by atoms with Crippen molar-refractivity contribution in [3.8, 4) is 0 Å². The first kappa shape index (κ1) is 61.8. The van der Waals surface area contributed by atoms with Gasteiger partial charge in [-0.25, -0.2) is 30.0 Å². The number of amides is 2. The molecule has 0 aromatic heterocycles. The van der Waals surface area contributed by atoms with Crippen molar-refractivity contribution in [1.29, 1.82) is 0 Å². The second-order valence-electron chi connectivity index (χ2n) is 18.1. The Morgan fingerprint density at radius 2 is 1.40 bits per heavy atom. The largest absolute Gasteiger partial charge is 1.00 e. The molecule has 0 bridgehead atoms. The number of anilines is 1. The summed E-state index contributed by atoms with van der Waals surface area (Å²) in [7, 11) is -14.1. The SMILES string of the molecule is CC1(C)C(/C=C/C=C2/N(CCCCCC(=O)NCCOCCOCCNC(=O)OC3CCC=CCCC3)c3ccc(S(=O)(=O)[O-])cc3C2(C)C)=[N+](CCCS(=O)(=O)[O-])c2ccc(S(=O)(=O)[O-])cc21.[Na+].[Na+]. The Kier molecular flexibility index (Phi) is 24.5. The van der Waals surface area contributed by atoms with Crippen LogP contribution in [0.1, 0.15) is 103 Å². The zero-order chi connectivity index (χ0) is 49.8. The molecule has 0 fully saturated rings. The molecule has 1 aliphatic carbocycles. The number of carbonyl (C=O) groups excluding carboxylic acids is 2. The number of fused-ring (bicyclic) bond motifs is 2. The first-order valence-corrected chi connectivity index (χ1v) is 27.4. The van der Waals surface area contributed by atoms with Crippen molar-refractivity contribution in [2.24, 2.45) is 0 Å². The van der Waals surface area contributed by atoms with Crippen molar-refractivity contribution in [3.63, 3.8) is 0 Å². The van der Waals surface area contributed by atoms with E-state index in [-0.39, 0.29) is 89.0 Å². The number of hydrogen-bond donors (Lipinski definition) is 2. The van der Waals surface area contributed by atoms with E-state index < -0.39 is 57.9 Å². The third-order valence-electron chi connectivity index (χ3n) is 12.3. The Morgan fingerprint density at radius 3 is 2.06 bits per heavy atom. The predicted octanol–water partition coefficient (Wildman–Crippen LogP) is -0.623. The van der Waals surface area contributed by atoms with Gasteiger partial charge >= 0.3 is 65.2 Å². The summed E-state index contributed by atoms with van der Waals surface area (Å²) in [6.45, 7) is 10.0. The van der Waals surface area contributed by atoms with Crippen LogP contribution in [0.5, 0.6) is 0 Å². The second-order valence-corrected chi connectivity index (χ2v) is 22.3.